The first kappa shape index (κ1) is 10.5. The Hall–Kier alpha value is -1.47. The number of carboxylic acid groups (broad SMARTS) is 2. The third-order valence-corrected chi connectivity index (χ3v) is 1.17. The van der Waals surface area contributed by atoms with Crippen molar-refractivity contribution in [2.75, 3.05) is 0 Å². The van der Waals surface area contributed by atoms with E-state index < -0.39 is 29.9 Å². The van der Waals surface area contributed by atoms with Gasteiger partial charge in [0, 0.05) is 0 Å². The van der Waals surface area contributed by atoms with E-state index in [2.05, 4.69) is 0 Å². The fourth-order valence-corrected chi connectivity index (χ4v) is 0.420. The Balaban J connectivity index is 4.87. The van der Waals surface area contributed by atoms with Crippen LogP contribution in [0.2, 0.25) is 0 Å². The Morgan fingerprint density at radius 1 is 1.33 bits per heavy atom. The first-order chi connectivity index (χ1) is 5.36. The summed E-state index contributed by atoms with van der Waals surface area (Å²) in [5.74, 6) is -4.11. The van der Waals surface area contributed by atoms with Crippen molar-refractivity contribution < 1.29 is 34.8 Å². The molecular weight excluding hydrogens is 172 g/mol. The molecule has 0 aliphatic rings. The number of aldehydes is 1. The lowest BCUT2D eigenvalue weighted by Gasteiger charge is -2.18. The van der Waals surface area contributed by atoms with Crippen LogP contribution in [-0.4, -0.2) is 50.4 Å². The van der Waals surface area contributed by atoms with Gasteiger partial charge in [-0.05, 0) is 0 Å². The zero-order valence-corrected chi connectivity index (χ0v) is 5.67. The predicted molar refractivity (Wildman–Crippen MR) is 32.3 cm³/mol. The van der Waals surface area contributed by atoms with E-state index in [1.165, 1.54) is 0 Å². The first-order valence-electron chi connectivity index (χ1n) is 2.69. The summed E-state index contributed by atoms with van der Waals surface area (Å²) >= 11 is 0. The van der Waals surface area contributed by atoms with Gasteiger partial charge < -0.3 is 20.4 Å². The van der Waals surface area contributed by atoms with Gasteiger partial charge in [-0.1, -0.05) is 0 Å². The van der Waals surface area contributed by atoms with Gasteiger partial charge in [0.25, 0.3) is 5.60 Å². The molecule has 0 aromatic carbocycles. The molecule has 68 valence electrons. The van der Waals surface area contributed by atoms with Crippen LogP contribution in [0, 0.1) is 0 Å². The number of carboxylic acids is 2. The molecule has 7 nitrogen and oxygen atoms in total. The lowest BCUT2D eigenvalue weighted by molar-refractivity contribution is -0.182. The standard InChI is InChI=1S/C5H6O7/c6-1-5(12,4(10)11)2(7)3(8)9/h1-2,7,12H,(H,8,9)(H,10,11). The van der Waals surface area contributed by atoms with Crippen LogP contribution >= 0.6 is 0 Å². The third kappa shape index (κ3) is 1.57. The topological polar surface area (TPSA) is 132 Å². The lowest BCUT2D eigenvalue weighted by atomic mass is 9.99. The molecule has 0 fully saturated rings. The highest BCUT2D eigenvalue weighted by Crippen LogP contribution is 2.08. The number of carbonyl (C=O) groups excluding carboxylic acids is 1. The normalized spacial score (nSPS) is 17.5. The molecule has 0 spiro atoms. The minimum Gasteiger partial charge on any atom is -0.479 e. The number of hydrogen-bond donors (Lipinski definition) is 4. The van der Waals surface area contributed by atoms with Crippen molar-refractivity contribution in [1.82, 2.24) is 0 Å². The molecule has 0 radical (unpaired) electrons. The van der Waals surface area contributed by atoms with Crippen molar-refractivity contribution in [1.29, 1.82) is 0 Å². The molecular formula is C5H6O7. The Morgan fingerprint density at radius 3 is 1.83 bits per heavy atom. The van der Waals surface area contributed by atoms with Crippen LogP contribution < -0.4 is 0 Å². The SMILES string of the molecule is O=CC(O)(C(=O)O)C(O)C(=O)O. The molecule has 0 aromatic rings. The van der Waals surface area contributed by atoms with E-state index in [1.807, 2.05) is 0 Å². The zero-order chi connectivity index (χ0) is 9.94. The molecule has 7 heteroatoms. The van der Waals surface area contributed by atoms with E-state index in [-0.39, 0.29) is 0 Å². The summed E-state index contributed by atoms with van der Waals surface area (Å²) < 4.78 is 0. The molecule has 12 heavy (non-hydrogen) atoms. The number of aliphatic hydroxyl groups is 2. The van der Waals surface area contributed by atoms with Crippen LogP contribution in [0.15, 0.2) is 0 Å². The van der Waals surface area contributed by atoms with Crippen LogP contribution in [0.5, 0.6) is 0 Å². The number of carbonyl (C=O) groups is 3. The van der Waals surface area contributed by atoms with Gasteiger partial charge in [-0.3, -0.25) is 4.79 Å². The quantitative estimate of drug-likeness (QED) is 0.275. The molecule has 0 amide bonds. The molecule has 0 aliphatic heterocycles. The number of aliphatic carboxylic acids is 2. The van der Waals surface area contributed by atoms with Crippen LogP contribution in [0.25, 0.3) is 0 Å². The second-order valence-corrected chi connectivity index (χ2v) is 1.99. The van der Waals surface area contributed by atoms with E-state index in [9.17, 15) is 14.4 Å². The molecule has 2 atom stereocenters. The smallest absolute Gasteiger partial charge is 0.346 e. The van der Waals surface area contributed by atoms with Crippen LogP contribution in [0.3, 0.4) is 0 Å². The Bertz CT molecular complexity index is 222. The van der Waals surface area contributed by atoms with Gasteiger partial charge in [0.15, 0.2) is 12.4 Å². The largest absolute Gasteiger partial charge is 0.479 e. The molecule has 0 aliphatic carbocycles. The fourth-order valence-electron chi connectivity index (χ4n) is 0.420. The van der Waals surface area contributed by atoms with Crippen molar-refractivity contribution in [2.24, 2.45) is 0 Å². The molecule has 0 rings (SSSR count). The maximum absolute atomic E-state index is 10.1. The van der Waals surface area contributed by atoms with Crippen molar-refractivity contribution in [2.45, 2.75) is 11.7 Å². The van der Waals surface area contributed by atoms with E-state index in [0.717, 1.165) is 0 Å². The second-order valence-electron chi connectivity index (χ2n) is 1.99. The summed E-state index contributed by atoms with van der Waals surface area (Å²) in [5, 5.41) is 33.5. The highest BCUT2D eigenvalue weighted by molar-refractivity contribution is 6.01. The summed E-state index contributed by atoms with van der Waals surface area (Å²) in [6.07, 6.45) is -3.22. The number of aliphatic hydroxyl groups excluding tert-OH is 1. The summed E-state index contributed by atoms with van der Waals surface area (Å²) in [4.78, 5) is 30.0. The molecule has 2 unspecified atom stereocenters. The van der Waals surface area contributed by atoms with Gasteiger partial charge in [-0.25, -0.2) is 9.59 Å². The Morgan fingerprint density at radius 2 is 1.75 bits per heavy atom. The predicted octanol–water partition coefficient (Wildman–Crippen LogP) is -2.55. The van der Waals surface area contributed by atoms with Gasteiger partial charge in [0.1, 0.15) is 0 Å². The van der Waals surface area contributed by atoms with Gasteiger partial charge >= 0.3 is 11.9 Å². The number of hydrogen-bond acceptors (Lipinski definition) is 5. The minimum absolute atomic E-state index is 0.547. The highest BCUT2D eigenvalue weighted by Gasteiger charge is 2.48. The summed E-state index contributed by atoms with van der Waals surface area (Å²) in [5.41, 5.74) is -3.29. The Kier molecular flexibility index (Phi) is 2.88. The van der Waals surface area contributed by atoms with Gasteiger partial charge in [-0.2, -0.15) is 0 Å². The van der Waals surface area contributed by atoms with Gasteiger partial charge in [0.2, 0.25) is 0 Å². The first-order valence-corrected chi connectivity index (χ1v) is 2.69. The average molecular weight is 178 g/mol. The minimum atomic E-state index is -3.29. The monoisotopic (exact) mass is 178 g/mol. The van der Waals surface area contributed by atoms with Crippen molar-refractivity contribution in [3.63, 3.8) is 0 Å². The highest BCUT2D eigenvalue weighted by atomic mass is 16.4. The van der Waals surface area contributed by atoms with Gasteiger partial charge in [-0.15, -0.1) is 0 Å². The number of rotatable bonds is 4. The van der Waals surface area contributed by atoms with E-state index in [1.54, 1.807) is 0 Å². The summed E-state index contributed by atoms with van der Waals surface area (Å²) in [6, 6.07) is 0. The van der Waals surface area contributed by atoms with E-state index in [0.29, 0.717) is 0 Å². The zero-order valence-electron chi connectivity index (χ0n) is 5.67. The maximum atomic E-state index is 10.1. The molecule has 0 heterocycles. The molecule has 0 bridgehead atoms. The fraction of sp³-hybridized carbons (Fsp3) is 0.400. The van der Waals surface area contributed by atoms with Crippen molar-refractivity contribution >= 4 is 18.2 Å². The van der Waals surface area contributed by atoms with Crippen LogP contribution in [0.4, 0.5) is 0 Å². The third-order valence-electron chi connectivity index (χ3n) is 1.17. The summed E-state index contributed by atoms with van der Waals surface area (Å²) in [6.45, 7) is 0. The molecule has 0 aromatic heterocycles. The maximum Gasteiger partial charge on any atom is 0.346 e. The van der Waals surface area contributed by atoms with E-state index in [4.69, 9.17) is 20.4 Å². The molecule has 0 saturated heterocycles. The van der Waals surface area contributed by atoms with Crippen LogP contribution in [-0.2, 0) is 14.4 Å². The van der Waals surface area contributed by atoms with Crippen molar-refractivity contribution in [3.05, 3.63) is 0 Å². The molecule has 4 N–H and O–H groups in total. The Labute approximate surface area is 65.9 Å². The van der Waals surface area contributed by atoms with Gasteiger partial charge in [0.05, 0.1) is 0 Å². The van der Waals surface area contributed by atoms with E-state index >= 15 is 0 Å². The lowest BCUT2D eigenvalue weighted by Crippen LogP contribution is -2.54. The summed E-state index contributed by atoms with van der Waals surface area (Å²) in [7, 11) is 0. The average Bonchev–Trinajstić information content (AvgIpc) is 2.01. The molecule has 0 saturated carbocycles. The van der Waals surface area contributed by atoms with Crippen molar-refractivity contribution in [3.8, 4) is 0 Å². The van der Waals surface area contributed by atoms with Crippen LogP contribution in [0.1, 0.15) is 0 Å². The second kappa shape index (κ2) is 3.28.